The minimum absolute atomic E-state index is 0.0463. The average Bonchev–Trinajstić information content (AvgIpc) is 2.84. The molecule has 9 heteroatoms. The van der Waals surface area contributed by atoms with Crippen molar-refractivity contribution < 1.29 is 13.6 Å². The molecule has 186 valence electrons. The van der Waals surface area contributed by atoms with Crippen LogP contribution in [-0.2, 0) is 5.92 Å². The number of anilines is 1. The summed E-state index contributed by atoms with van der Waals surface area (Å²) in [5.74, 6) is -2.19. The summed E-state index contributed by atoms with van der Waals surface area (Å²) < 4.78 is 27.1. The molecule has 1 heterocycles. The molecule has 1 aromatic rings. The first-order valence-corrected chi connectivity index (χ1v) is 11.5. The highest BCUT2D eigenvalue weighted by Gasteiger charge is 2.27. The van der Waals surface area contributed by atoms with Crippen LogP contribution in [0.25, 0.3) is 0 Å². The SMILES string of the molecule is CC.C\C=C/N=C(/C(=C/CC)Nc1ccc(C(C)(F)F)cc1)N1CCN(C(=O)N(C)C#N)CC1. The third kappa shape index (κ3) is 8.18. The van der Waals surface area contributed by atoms with Gasteiger partial charge in [-0.15, -0.1) is 0 Å². The number of piperazine rings is 1. The van der Waals surface area contributed by atoms with Gasteiger partial charge in [-0.2, -0.15) is 5.26 Å². The summed E-state index contributed by atoms with van der Waals surface area (Å²) in [4.78, 5) is 21.6. The number of nitrogens with zero attached hydrogens (tertiary/aromatic N) is 5. The van der Waals surface area contributed by atoms with E-state index in [1.807, 2.05) is 46.0 Å². The zero-order valence-electron chi connectivity index (χ0n) is 21.0. The molecule has 1 saturated heterocycles. The largest absolute Gasteiger partial charge is 0.353 e. The van der Waals surface area contributed by atoms with E-state index in [0.29, 0.717) is 37.7 Å². The Morgan fingerprint density at radius 1 is 1.21 bits per heavy atom. The number of benzene rings is 1. The maximum Gasteiger partial charge on any atom is 0.333 e. The molecular weight excluding hydrogens is 438 g/mol. The van der Waals surface area contributed by atoms with E-state index in [2.05, 4.69) is 15.2 Å². The Morgan fingerprint density at radius 2 is 1.76 bits per heavy atom. The van der Waals surface area contributed by atoms with Crippen LogP contribution in [0.1, 0.15) is 46.6 Å². The van der Waals surface area contributed by atoms with E-state index in [0.717, 1.165) is 23.9 Å². The maximum absolute atomic E-state index is 13.5. The lowest BCUT2D eigenvalue weighted by atomic mass is 10.1. The molecule has 0 aromatic heterocycles. The number of amides is 2. The van der Waals surface area contributed by atoms with Gasteiger partial charge in [-0.05, 0) is 25.5 Å². The van der Waals surface area contributed by atoms with E-state index in [9.17, 15) is 13.6 Å². The summed E-state index contributed by atoms with van der Waals surface area (Å²) in [5.41, 5.74) is 1.39. The van der Waals surface area contributed by atoms with Crippen molar-refractivity contribution in [3.05, 3.63) is 53.9 Å². The number of carbonyl (C=O) groups excluding carboxylic acids is 1. The molecule has 1 aliphatic rings. The van der Waals surface area contributed by atoms with Crippen LogP contribution in [-0.4, -0.2) is 59.8 Å². The number of rotatable bonds is 6. The fourth-order valence-electron chi connectivity index (χ4n) is 3.24. The molecule has 1 aromatic carbocycles. The molecule has 0 saturated carbocycles. The number of carbonyl (C=O) groups is 1. The Kier molecular flexibility index (Phi) is 11.8. The first kappa shape index (κ1) is 28.6. The third-order valence-electron chi connectivity index (χ3n) is 4.95. The number of allylic oxidation sites excluding steroid dienone is 2. The number of hydrogen-bond donors (Lipinski definition) is 1. The fraction of sp³-hybridized carbons (Fsp3) is 0.480. The smallest absolute Gasteiger partial charge is 0.333 e. The first-order chi connectivity index (χ1) is 16.2. The van der Waals surface area contributed by atoms with Gasteiger partial charge in [0.15, 0.2) is 12.0 Å². The zero-order chi connectivity index (χ0) is 25.7. The van der Waals surface area contributed by atoms with Gasteiger partial charge in [-0.1, -0.05) is 45.1 Å². The zero-order valence-corrected chi connectivity index (χ0v) is 21.0. The Bertz CT molecular complexity index is 905. The van der Waals surface area contributed by atoms with Gasteiger partial charge in [-0.25, -0.2) is 23.5 Å². The fourth-order valence-corrected chi connectivity index (χ4v) is 3.24. The second-order valence-corrected chi connectivity index (χ2v) is 7.47. The molecule has 2 amide bonds. The van der Waals surface area contributed by atoms with Crippen LogP contribution in [0.15, 0.2) is 53.3 Å². The molecule has 1 N–H and O–H groups in total. The number of aliphatic imine (C=N–C) groups is 1. The lowest BCUT2D eigenvalue weighted by Crippen LogP contribution is -2.53. The molecule has 0 aliphatic carbocycles. The predicted molar refractivity (Wildman–Crippen MR) is 134 cm³/mol. The minimum atomic E-state index is -2.89. The molecule has 0 atom stereocenters. The molecule has 2 rings (SSSR count). The van der Waals surface area contributed by atoms with Crippen LogP contribution in [0.5, 0.6) is 0 Å². The summed E-state index contributed by atoms with van der Waals surface area (Å²) in [6, 6.07) is 5.74. The van der Waals surface area contributed by atoms with Crippen molar-refractivity contribution in [2.75, 3.05) is 38.5 Å². The summed E-state index contributed by atoms with van der Waals surface area (Å²) in [5, 5.41) is 12.2. The van der Waals surface area contributed by atoms with Gasteiger partial charge in [0.25, 0.3) is 5.92 Å². The van der Waals surface area contributed by atoms with Gasteiger partial charge in [-0.3, -0.25) is 0 Å². The highest BCUT2D eigenvalue weighted by molar-refractivity contribution is 6.01. The summed E-state index contributed by atoms with van der Waals surface area (Å²) in [6.07, 6.45) is 8.08. The predicted octanol–water partition coefficient (Wildman–Crippen LogP) is 5.61. The van der Waals surface area contributed by atoms with E-state index in [1.54, 1.807) is 23.2 Å². The molecule has 1 aliphatic heterocycles. The normalized spacial score (nSPS) is 14.9. The lowest BCUT2D eigenvalue weighted by molar-refractivity contribution is 0.0175. The van der Waals surface area contributed by atoms with Crippen molar-refractivity contribution in [2.45, 2.75) is 47.0 Å². The van der Waals surface area contributed by atoms with Gasteiger partial charge in [0.1, 0.15) is 0 Å². The quantitative estimate of drug-likeness (QED) is 0.252. The maximum atomic E-state index is 13.5. The number of urea groups is 1. The summed E-state index contributed by atoms with van der Waals surface area (Å²) >= 11 is 0. The molecule has 0 bridgehead atoms. The van der Waals surface area contributed by atoms with Crippen molar-refractivity contribution in [2.24, 2.45) is 4.99 Å². The van der Waals surface area contributed by atoms with Crippen molar-refractivity contribution in [1.82, 2.24) is 14.7 Å². The first-order valence-electron chi connectivity index (χ1n) is 11.5. The van der Waals surface area contributed by atoms with Gasteiger partial charge >= 0.3 is 6.03 Å². The highest BCUT2D eigenvalue weighted by Crippen LogP contribution is 2.28. The standard InChI is InChI=1S/C23H30F2N6O.C2H6/c1-5-7-20(28-19-10-8-18(9-11-19)23(3,24)25)21(27-12-6-2)30-13-15-31(16-14-30)22(32)29(4)17-26;1-2/h6-12,28H,5,13-16H2,1-4H3;1-2H3/b12-6-,20-7-,27-21-;. The number of alkyl halides is 2. The Morgan fingerprint density at radius 3 is 2.24 bits per heavy atom. The number of nitriles is 1. The Labute approximate surface area is 202 Å². The highest BCUT2D eigenvalue weighted by atomic mass is 19.3. The lowest BCUT2D eigenvalue weighted by Gasteiger charge is -2.37. The summed E-state index contributed by atoms with van der Waals surface area (Å²) in [6.45, 7) is 10.8. The molecule has 7 nitrogen and oxygen atoms in total. The molecular formula is C25H36F2N6O. The molecule has 0 unspecified atom stereocenters. The topological polar surface area (TPSA) is 75.0 Å². The molecule has 0 radical (unpaired) electrons. The van der Waals surface area contributed by atoms with E-state index < -0.39 is 5.92 Å². The van der Waals surface area contributed by atoms with E-state index in [-0.39, 0.29) is 11.6 Å². The Balaban J connectivity index is 0.00000281. The molecule has 34 heavy (non-hydrogen) atoms. The van der Waals surface area contributed by atoms with Crippen LogP contribution >= 0.6 is 0 Å². The van der Waals surface area contributed by atoms with Gasteiger partial charge in [0.2, 0.25) is 0 Å². The van der Waals surface area contributed by atoms with E-state index >= 15 is 0 Å². The van der Waals surface area contributed by atoms with Crippen LogP contribution in [0.2, 0.25) is 0 Å². The molecule has 1 fully saturated rings. The number of amidine groups is 1. The van der Waals surface area contributed by atoms with Crippen LogP contribution in [0.3, 0.4) is 0 Å². The number of hydrogen-bond acceptors (Lipinski definition) is 4. The van der Waals surface area contributed by atoms with Crippen LogP contribution in [0.4, 0.5) is 19.3 Å². The van der Waals surface area contributed by atoms with Crippen molar-refractivity contribution in [3.8, 4) is 6.19 Å². The average molecular weight is 475 g/mol. The van der Waals surface area contributed by atoms with E-state index in [1.165, 1.54) is 19.2 Å². The molecule has 0 spiro atoms. The van der Waals surface area contributed by atoms with Crippen molar-refractivity contribution >= 4 is 17.6 Å². The number of nitrogens with one attached hydrogen (secondary N) is 1. The monoisotopic (exact) mass is 474 g/mol. The van der Waals surface area contributed by atoms with Crippen molar-refractivity contribution in [1.29, 1.82) is 5.26 Å². The number of halogens is 2. The van der Waals surface area contributed by atoms with Crippen LogP contribution < -0.4 is 5.32 Å². The van der Waals surface area contributed by atoms with Gasteiger partial charge < -0.3 is 15.1 Å². The van der Waals surface area contributed by atoms with E-state index in [4.69, 9.17) is 5.26 Å². The van der Waals surface area contributed by atoms with Gasteiger partial charge in [0, 0.05) is 57.6 Å². The third-order valence-corrected chi connectivity index (χ3v) is 4.95. The second kappa shape index (κ2) is 14.0. The van der Waals surface area contributed by atoms with Gasteiger partial charge in [0.05, 0.1) is 5.70 Å². The van der Waals surface area contributed by atoms with Crippen molar-refractivity contribution in [3.63, 3.8) is 0 Å². The minimum Gasteiger partial charge on any atom is -0.353 e. The second-order valence-electron chi connectivity index (χ2n) is 7.47. The Hall–Kier alpha value is -3.41. The summed E-state index contributed by atoms with van der Waals surface area (Å²) in [7, 11) is 1.44. The van der Waals surface area contributed by atoms with Crippen LogP contribution in [0, 0.1) is 11.5 Å².